The summed E-state index contributed by atoms with van der Waals surface area (Å²) >= 11 is 5.24. The summed E-state index contributed by atoms with van der Waals surface area (Å²) in [5.74, 6) is 1.90. The standard InChI is InChI=1S/C13H22N2OS/c1-5-6-7-14-13(17)15-10(3)12-8-9(2)16-11(12)4/h8,10H,5-7H2,1-4H3,(H2,14,15,17). The van der Waals surface area contributed by atoms with Crippen LogP contribution in [0.3, 0.4) is 0 Å². The van der Waals surface area contributed by atoms with Crippen LogP contribution in [0.4, 0.5) is 0 Å². The molecular formula is C13H22N2OS. The molecule has 0 aromatic carbocycles. The highest BCUT2D eigenvalue weighted by molar-refractivity contribution is 7.80. The van der Waals surface area contributed by atoms with Crippen molar-refractivity contribution >= 4 is 17.3 Å². The third-order valence-corrected chi connectivity index (χ3v) is 2.97. The van der Waals surface area contributed by atoms with Gasteiger partial charge in [-0.05, 0) is 45.5 Å². The number of hydrogen-bond donors (Lipinski definition) is 2. The van der Waals surface area contributed by atoms with Crippen LogP contribution >= 0.6 is 12.2 Å². The fourth-order valence-electron chi connectivity index (χ4n) is 1.78. The van der Waals surface area contributed by atoms with Gasteiger partial charge in [-0.25, -0.2) is 0 Å². The van der Waals surface area contributed by atoms with E-state index in [4.69, 9.17) is 16.6 Å². The molecule has 1 atom stereocenters. The first kappa shape index (κ1) is 14.0. The Kier molecular flexibility index (Phi) is 5.48. The molecule has 1 unspecified atom stereocenters. The Hall–Kier alpha value is -1.03. The van der Waals surface area contributed by atoms with Crippen molar-refractivity contribution < 1.29 is 4.42 Å². The fourth-order valence-corrected chi connectivity index (χ4v) is 2.06. The van der Waals surface area contributed by atoms with Crippen LogP contribution in [0.2, 0.25) is 0 Å². The Bertz CT molecular complexity index is 373. The van der Waals surface area contributed by atoms with Gasteiger partial charge in [0, 0.05) is 12.1 Å². The van der Waals surface area contributed by atoms with Gasteiger partial charge in [0.05, 0.1) is 6.04 Å². The number of hydrogen-bond acceptors (Lipinski definition) is 2. The van der Waals surface area contributed by atoms with Crippen LogP contribution in [0.15, 0.2) is 10.5 Å². The lowest BCUT2D eigenvalue weighted by atomic mass is 10.1. The quantitative estimate of drug-likeness (QED) is 0.625. The predicted molar refractivity (Wildman–Crippen MR) is 75.2 cm³/mol. The van der Waals surface area contributed by atoms with Gasteiger partial charge in [-0.15, -0.1) is 0 Å². The molecule has 0 fully saturated rings. The second-order valence-corrected chi connectivity index (χ2v) is 4.75. The zero-order chi connectivity index (χ0) is 12.8. The number of thiocarbonyl (C=S) groups is 1. The van der Waals surface area contributed by atoms with Crippen molar-refractivity contribution in [3.8, 4) is 0 Å². The van der Waals surface area contributed by atoms with E-state index < -0.39 is 0 Å². The van der Waals surface area contributed by atoms with Crippen molar-refractivity contribution in [1.82, 2.24) is 10.6 Å². The van der Waals surface area contributed by atoms with Gasteiger partial charge in [0.1, 0.15) is 11.5 Å². The number of rotatable bonds is 5. The molecule has 4 heteroatoms. The lowest BCUT2D eigenvalue weighted by Crippen LogP contribution is -2.37. The van der Waals surface area contributed by atoms with Crippen molar-refractivity contribution in [1.29, 1.82) is 0 Å². The van der Waals surface area contributed by atoms with Gasteiger partial charge in [-0.3, -0.25) is 0 Å². The molecule has 96 valence electrons. The molecule has 0 saturated carbocycles. The van der Waals surface area contributed by atoms with E-state index in [0.29, 0.717) is 5.11 Å². The summed E-state index contributed by atoms with van der Waals surface area (Å²) in [5.41, 5.74) is 1.17. The average molecular weight is 254 g/mol. The van der Waals surface area contributed by atoms with Crippen molar-refractivity contribution in [2.45, 2.75) is 46.6 Å². The highest BCUT2D eigenvalue weighted by Gasteiger charge is 2.13. The molecule has 0 radical (unpaired) electrons. The molecule has 0 spiro atoms. The predicted octanol–water partition coefficient (Wildman–Crippen LogP) is 3.22. The van der Waals surface area contributed by atoms with E-state index in [2.05, 4.69) is 30.5 Å². The molecule has 1 heterocycles. The van der Waals surface area contributed by atoms with E-state index in [1.54, 1.807) is 0 Å². The maximum atomic E-state index is 5.51. The van der Waals surface area contributed by atoms with E-state index in [0.717, 1.165) is 24.5 Å². The van der Waals surface area contributed by atoms with Gasteiger partial charge in [0.15, 0.2) is 5.11 Å². The smallest absolute Gasteiger partial charge is 0.166 e. The van der Waals surface area contributed by atoms with E-state index in [9.17, 15) is 0 Å². The highest BCUT2D eigenvalue weighted by Crippen LogP contribution is 2.20. The summed E-state index contributed by atoms with van der Waals surface area (Å²) < 4.78 is 5.51. The number of aryl methyl sites for hydroxylation is 2. The highest BCUT2D eigenvalue weighted by atomic mass is 32.1. The van der Waals surface area contributed by atoms with Gasteiger partial charge in [0.25, 0.3) is 0 Å². The number of unbranched alkanes of at least 4 members (excludes halogenated alkanes) is 1. The van der Waals surface area contributed by atoms with Crippen molar-refractivity contribution in [2.75, 3.05) is 6.54 Å². The lowest BCUT2D eigenvalue weighted by molar-refractivity contribution is 0.497. The third kappa shape index (κ3) is 4.38. The van der Waals surface area contributed by atoms with Crippen LogP contribution in [0.1, 0.15) is 49.8 Å². The SMILES string of the molecule is CCCCNC(=S)NC(C)c1cc(C)oc1C. The summed E-state index contributed by atoms with van der Waals surface area (Å²) in [6, 6.07) is 2.23. The Labute approximate surface area is 109 Å². The Balaban J connectivity index is 2.46. The molecule has 0 amide bonds. The second kappa shape index (κ2) is 6.64. The largest absolute Gasteiger partial charge is 0.466 e. The normalized spacial score (nSPS) is 12.2. The minimum absolute atomic E-state index is 0.175. The molecule has 0 bridgehead atoms. The van der Waals surface area contributed by atoms with Gasteiger partial charge in [-0.1, -0.05) is 13.3 Å². The second-order valence-electron chi connectivity index (χ2n) is 4.34. The molecule has 0 aliphatic carbocycles. The lowest BCUT2D eigenvalue weighted by Gasteiger charge is -2.16. The topological polar surface area (TPSA) is 37.2 Å². The molecule has 0 saturated heterocycles. The number of nitrogens with one attached hydrogen (secondary N) is 2. The van der Waals surface area contributed by atoms with Crippen LogP contribution in [0, 0.1) is 13.8 Å². The first-order chi connectivity index (χ1) is 8.04. The molecule has 0 aliphatic rings. The average Bonchev–Trinajstić information content (AvgIpc) is 2.58. The molecule has 17 heavy (non-hydrogen) atoms. The summed E-state index contributed by atoms with van der Waals surface area (Å²) in [6.45, 7) is 9.12. The molecule has 0 aliphatic heterocycles. The molecule has 1 aromatic rings. The van der Waals surface area contributed by atoms with E-state index in [1.807, 2.05) is 13.8 Å². The molecule has 1 rings (SSSR count). The molecule has 3 nitrogen and oxygen atoms in total. The van der Waals surface area contributed by atoms with Crippen molar-refractivity contribution in [2.24, 2.45) is 0 Å². The van der Waals surface area contributed by atoms with Gasteiger partial charge in [-0.2, -0.15) is 0 Å². The first-order valence-electron chi connectivity index (χ1n) is 6.16. The van der Waals surface area contributed by atoms with E-state index in [1.165, 1.54) is 12.0 Å². The van der Waals surface area contributed by atoms with Crippen LogP contribution in [0.5, 0.6) is 0 Å². The van der Waals surface area contributed by atoms with Gasteiger partial charge < -0.3 is 15.1 Å². The molecule has 2 N–H and O–H groups in total. The summed E-state index contributed by atoms with van der Waals surface area (Å²) in [5, 5.41) is 7.18. The van der Waals surface area contributed by atoms with Crippen molar-refractivity contribution in [3.05, 3.63) is 23.2 Å². The number of furan rings is 1. The third-order valence-electron chi connectivity index (χ3n) is 2.71. The van der Waals surface area contributed by atoms with Crippen LogP contribution < -0.4 is 10.6 Å². The maximum absolute atomic E-state index is 5.51. The Morgan fingerprint density at radius 1 is 1.47 bits per heavy atom. The Morgan fingerprint density at radius 2 is 2.18 bits per heavy atom. The summed E-state index contributed by atoms with van der Waals surface area (Å²) in [6.07, 6.45) is 2.31. The van der Waals surface area contributed by atoms with Crippen LogP contribution in [-0.4, -0.2) is 11.7 Å². The minimum Gasteiger partial charge on any atom is -0.466 e. The fraction of sp³-hybridized carbons (Fsp3) is 0.615. The first-order valence-corrected chi connectivity index (χ1v) is 6.56. The molecule has 1 aromatic heterocycles. The van der Waals surface area contributed by atoms with Crippen LogP contribution in [-0.2, 0) is 0 Å². The Morgan fingerprint density at radius 3 is 2.71 bits per heavy atom. The minimum atomic E-state index is 0.175. The maximum Gasteiger partial charge on any atom is 0.166 e. The zero-order valence-electron chi connectivity index (χ0n) is 11.1. The summed E-state index contributed by atoms with van der Waals surface area (Å²) in [4.78, 5) is 0. The monoisotopic (exact) mass is 254 g/mol. The van der Waals surface area contributed by atoms with Crippen LogP contribution in [0.25, 0.3) is 0 Å². The molecular weight excluding hydrogens is 232 g/mol. The van der Waals surface area contributed by atoms with E-state index >= 15 is 0 Å². The van der Waals surface area contributed by atoms with Gasteiger partial charge >= 0.3 is 0 Å². The zero-order valence-corrected chi connectivity index (χ0v) is 11.9. The summed E-state index contributed by atoms with van der Waals surface area (Å²) in [7, 11) is 0. The van der Waals surface area contributed by atoms with Crippen molar-refractivity contribution in [3.63, 3.8) is 0 Å². The van der Waals surface area contributed by atoms with Gasteiger partial charge in [0.2, 0.25) is 0 Å². The van der Waals surface area contributed by atoms with E-state index in [-0.39, 0.29) is 6.04 Å².